The van der Waals surface area contributed by atoms with Gasteiger partial charge in [-0.15, -0.1) is 0 Å². The molecule has 1 aromatic carbocycles. The van der Waals surface area contributed by atoms with E-state index in [9.17, 15) is 19.2 Å². The van der Waals surface area contributed by atoms with E-state index in [0.717, 1.165) is 31.2 Å². The van der Waals surface area contributed by atoms with E-state index in [1.165, 1.54) is 6.08 Å². The number of fused-ring (bicyclic) bond motifs is 1. The summed E-state index contributed by atoms with van der Waals surface area (Å²) in [5.41, 5.74) is 1.48. The highest BCUT2D eigenvalue weighted by Gasteiger charge is 2.43. The molecule has 0 saturated carbocycles. The van der Waals surface area contributed by atoms with Gasteiger partial charge < -0.3 is 31.1 Å². The van der Waals surface area contributed by atoms with Gasteiger partial charge in [-0.25, -0.2) is 0 Å². The third-order valence-corrected chi connectivity index (χ3v) is 7.18. The molecule has 0 spiro atoms. The number of amides is 4. The monoisotopic (exact) mass is 526 g/mol. The molecule has 0 aliphatic carbocycles. The van der Waals surface area contributed by atoms with Crippen molar-refractivity contribution in [2.24, 2.45) is 0 Å². The summed E-state index contributed by atoms with van der Waals surface area (Å²) >= 11 is 0. The van der Waals surface area contributed by atoms with E-state index < -0.39 is 18.1 Å². The van der Waals surface area contributed by atoms with Crippen LogP contribution in [0.5, 0.6) is 0 Å². The molecule has 2 heterocycles. The minimum absolute atomic E-state index is 0.0127. The molecule has 2 aliphatic heterocycles. The Bertz CT molecular complexity index is 1030. The summed E-state index contributed by atoms with van der Waals surface area (Å²) in [6.45, 7) is 2.70. The van der Waals surface area contributed by atoms with Crippen LogP contribution >= 0.6 is 0 Å². The van der Waals surface area contributed by atoms with E-state index in [1.807, 2.05) is 37.2 Å². The van der Waals surface area contributed by atoms with Gasteiger partial charge >= 0.3 is 0 Å². The highest BCUT2D eigenvalue weighted by atomic mass is 16.2. The van der Waals surface area contributed by atoms with Crippen LogP contribution in [0.2, 0.25) is 0 Å². The Labute approximate surface area is 225 Å². The van der Waals surface area contributed by atoms with Crippen LogP contribution in [0.25, 0.3) is 0 Å². The lowest BCUT2D eigenvalue weighted by molar-refractivity contribution is -0.144. The smallest absolute Gasteiger partial charge is 0.248 e. The topological polar surface area (TPSA) is 123 Å². The Hall–Kier alpha value is -3.24. The lowest BCUT2D eigenvalue weighted by atomic mass is 9.98. The molecular weight excluding hydrogens is 484 g/mol. The average Bonchev–Trinajstić information content (AvgIpc) is 3.30. The molecule has 4 amide bonds. The van der Waals surface area contributed by atoms with E-state index in [1.54, 1.807) is 31.0 Å². The first kappa shape index (κ1) is 29.3. The number of nitrogens with one attached hydrogen (secondary N) is 4. The minimum atomic E-state index is -0.624. The predicted octanol–water partition coefficient (Wildman–Crippen LogP) is 1.39. The maximum Gasteiger partial charge on any atom is 0.248 e. The number of hydrogen-bond acceptors (Lipinski definition) is 6. The number of anilines is 1. The fourth-order valence-corrected chi connectivity index (χ4v) is 4.97. The average molecular weight is 527 g/mol. The summed E-state index contributed by atoms with van der Waals surface area (Å²) < 4.78 is 0. The molecule has 2 saturated heterocycles. The van der Waals surface area contributed by atoms with Gasteiger partial charge in [0, 0.05) is 30.9 Å². The van der Waals surface area contributed by atoms with Crippen molar-refractivity contribution in [2.75, 3.05) is 33.0 Å². The van der Waals surface area contributed by atoms with Crippen molar-refractivity contribution < 1.29 is 19.2 Å². The Morgan fingerprint density at radius 3 is 2.63 bits per heavy atom. The minimum Gasteiger partial charge on any atom is -0.350 e. The van der Waals surface area contributed by atoms with Crippen LogP contribution in [0.3, 0.4) is 0 Å². The van der Waals surface area contributed by atoms with Crippen molar-refractivity contribution in [2.45, 2.75) is 76.2 Å². The summed E-state index contributed by atoms with van der Waals surface area (Å²) in [6, 6.07) is 5.75. The van der Waals surface area contributed by atoms with Gasteiger partial charge in [0.15, 0.2) is 0 Å². The van der Waals surface area contributed by atoms with E-state index >= 15 is 0 Å². The lowest BCUT2D eigenvalue weighted by Gasteiger charge is -2.35. The zero-order chi connectivity index (χ0) is 27.7. The van der Waals surface area contributed by atoms with Gasteiger partial charge in [-0.05, 0) is 71.4 Å². The number of likely N-dealkylation sites (N-methyl/N-ethyl adjacent to an activating group) is 2. The zero-order valence-corrected chi connectivity index (χ0v) is 23.0. The molecule has 38 heavy (non-hydrogen) atoms. The molecule has 2 aliphatic rings. The molecule has 2 fully saturated rings. The van der Waals surface area contributed by atoms with E-state index in [2.05, 4.69) is 21.3 Å². The molecule has 4 atom stereocenters. The number of nitrogens with zero attached hydrogens (tertiary/aromatic N) is 2. The van der Waals surface area contributed by atoms with Gasteiger partial charge in [-0.3, -0.25) is 19.2 Å². The Kier molecular flexibility index (Phi) is 10.8. The van der Waals surface area contributed by atoms with E-state index in [-0.39, 0.29) is 36.2 Å². The van der Waals surface area contributed by atoms with E-state index in [0.29, 0.717) is 25.1 Å². The first-order valence-electron chi connectivity index (χ1n) is 13.5. The lowest BCUT2D eigenvalue weighted by Crippen LogP contribution is -2.57. The normalized spacial score (nSPS) is 22.5. The summed E-state index contributed by atoms with van der Waals surface area (Å²) in [5.74, 6) is -0.804. The summed E-state index contributed by atoms with van der Waals surface area (Å²) in [7, 11) is 5.56. The van der Waals surface area contributed by atoms with Crippen molar-refractivity contribution in [3.8, 4) is 0 Å². The maximum absolute atomic E-state index is 13.5. The van der Waals surface area contributed by atoms with Crippen LogP contribution < -0.4 is 21.3 Å². The van der Waals surface area contributed by atoms with Crippen molar-refractivity contribution in [3.63, 3.8) is 0 Å². The van der Waals surface area contributed by atoms with Gasteiger partial charge in [0.05, 0.1) is 6.04 Å². The fourth-order valence-electron chi connectivity index (χ4n) is 4.97. The van der Waals surface area contributed by atoms with Crippen molar-refractivity contribution in [3.05, 3.63) is 42.0 Å². The standard InChI is InChI=1S/C28H42N6O4/c1-19(29-2)26(36)32-23-12-6-5-11-22-14-15-24(34(22)28(23)38)27(37)30-18-20-9-7-10-21(17-20)31-25(35)13-8-16-33(3)4/h7-10,13,17,19,22-24,29H,5-6,11-12,14-16,18H2,1-4H3,(H,30,37)(H,31,35)(H,32,36)/t19-,22-,23-,24-/m0/s1. The molecule has 208 valence electrons. The summed E-state index contributed by atoms with van der Waals surface area (Å²) in [4.78, 5) is 55.1. The van der Waals surface area contributed by atoms with Crippen LogP contribution in [0.4, 0.5) is 5.69 Å². The van der Waals surface area contributed by atoms with E-state index in [4.69, 9.17) is 0 Å². The third kappa shape index (κ3) is 8.13. The predicted molar refractivity (Wildman–Crippen MR) is 147 cm³/mol. The van der Waals surface area contributed by atoms with Gasteiger partial charge in [-0.1, -0.05) is 31.1 Å². The largest absolute Gasteiger partial charge is 0.350 e. The van der Waals surface area contributed by atoms with Crippen LogP contribution in [-0.4, -0.2) is 85.3 Å². The van der Waals surface area contributed by atoms with Gasteiger partial charge in [0.25, 0.3) is 0 Å². The van der Waals surface area contributed by atoms with Crippen molar-refractivity contribution >= 4 is 29.3 Å². The third-order valence-electron chi connectivity index (χ3n) is 7.18. The second kappa shape index (κ2) is 14.1. The molecule has 1 aromatic rings. The van der Waals surface area contributed by atoms with Crippen LogP contribution in [0.15, 0.2) is 36.4 Å². The van der Waals surface area contributed by atoms with Crippen LogP contribution in [0.1, 0.15) is 51.0 Å². The highest BCUT2D eigenvalue weighted by molar-refractivity contribution is 5.99. The van der Waals surface area contributed by atoms with Gasteiger partial charge in [0.2, 0.25) is 23.6 Å². The quantitative estimate of drug-likeness (QED) is 0.342. The maximum atomic E-state index is 13.5. The fraction of sp³-hybridized carbons (Fsp3) is 0.571. The van der Waals surface area contributed by atoms with Crippen molar-refractivity contribution in [1.82, 2.24) is 25.8 Å². The SMILES string of the molecule is CN[C@@H](C)C(=O)N[C@H]1CCCC[C@H]2CC[C@@H](C(=O)NCc3cccc(NC(=O)C=CCN(C)C)c3)N2C1=O. The zero-order valence-electron chi connectivity index (χ0n) is 23.0. The number of carbonyl (C=O) groups is 4. The molecule has 3 rings (SSSR count). The van der Waals surface area contributed by atoms with Crippen LogP contribution in [0, 0.1) is 0 Å². The molecule has 4 N–H and O–H groups in total. The van der Waals surface area contributed by atoms with Gasteiger partial charge in [0.1, 0.15) is 12.1 Å². The molecule has 10 heteroatoms. The first-order chi connectivity index (χ1) is 18.2. The van der Waals surface area contributed by atoms with Crippen LogP contribution in [-0.2, 0) is 25.7 Å². The van der Waals surface area contributed by atoms with Gasteiger partial charge in [-0.2, -0.15) is 0 Å². The molecule has 0 unspecified atom stereocenters. The Balaban J connectivity index is 1.61. The second-order valence-electron chi connectivity index (χ2n) is 10.4. The molecule has 10 nitrogen and oxygen atoms in total. The molecular formula is C28H42N6O4. The number of hydrogen-bond donors (Lipinski definition) is 4. The number of rotatable bonds is 10. The highest BCUT2D eigenvalue weighted by Crippen LogP contribution is 2.31. The number of benzene rings is 1. The molecule has 0 aromatic heterocycles. The first-order valence-corrected chi connectivity index (χ1v) is 13.5. The molecule has 0 bridgehead atoms. The summed E-state index contributed by atoms with van der Waals surface area (Å²) in [6.07, 6.45) is 7.93. The molecule has 0 radical (unpaired) electrons. The summed E-state index contributed by atoms with van der Waals surface area (Å²) in [5, 5.41) is 11.6. The second-order valence-corrected chi connectivity index (χ2v) is 10.4. The Morgan fingerprint density at radius 1 is 1.13 bits per heavy atom. The number of carbonyl (C=O) groups excluding carboxylic acids is 4. The Morgan fingerprint density at radius 2 is 1.89 bits per heavy atom. The van der Waals surface area contributed by atoms with Crippen molar-refractivity contribution in [1.29, 1.82) is 0 Å².